The minimum Gasteiger partial charge on any atom is -0.453 e. The van der Waals surface area contributed by atoms with Crippen molar-refractivity contribution in [3.8, 4) is 0 Å². The maximum Gasteiger partial charge on any atom is 0.407 e. The number of carbonyl (C=O) groups is 2. The Labute approximate surface area is 107 Å². The number of hydrogen-bond acceptors (Lipinski definition) is 4. The molecule has 2 rings (SSSR count). The van der Waals surface area contributed by atoms with E-state index >= 15 is 0 Å². The number of methoxy groups -OCH3 is 1. The zero-order valence-electron chi connectivity index (χ0n) is 10.8. The molecule has 0 spiro atoms. The number of nitrogens with one attached hydrogen (secondary N) is 2. The molecule has 2 aliphatic rings. The van der Waals surface area contributed by atoms with Gasteiger partial charge in [-0.25, -0.2) is 4.79 Å². The summed E-state index contributed by atoms with van der Waals surface area (Å²) >= 11 is 0. The van der Waals surface area contributed by atoms with Crippen molar-refractivity contribution >= 4 is 12.0 Å². The van der Waals surface area contributed by atoms with Gasteiger partial charge in [0.2, 0.25) is 5.91 Å². The van der Waals surface area contributed by atoms with Gasteiger partial charge in [0.1, 0.15) is 0 Å². The number of amides is 2. The fourth-order valence-electron chi connectivity index (χ4n) is 2.62. The van der Waals surface area contributed by atoms with E-state index in [9.17, 15) is 9.59 Å². The van der Waals surface area contributed by atoms with Crippen LogP contribution in [0, 0.1) is 5.92 Å². The molecule has 0 radical (unpaired) electrons. The second-order valence-electron chi connectivity index (χ2n) is 4.95. The first-order chi connectivity index (χ1) is 8.70. The van der Waals surface area contributed by atoms with E-state index in [1.54, 1.807) is 0 Å². The van der Waals surface area contributed by atoms with Gasteiger partial charge in [0.25, 0.3) is 0 Å². The van der Waals surface area contributed by atoms with Gasteiger partial charge in [0.15, 0.2) is 0 Å². The average Bonchev–Trinajstić information content (AvgIpc) is 2.87. The molecule has 2 aliphatic heterocycles. The molecule has 0 aromatic carbocycles. The lowest BCUT2D eigenvalue weighted by atomic mass is 9.98. The maximum atomic E-state index is 12.2. The van der Waals surface area contributed by atoms with E-state index in [4.69, 9.17) is 0 Å². The van der Waals surface area contributed by atoms with Crippen molar-refractivity contribution in [2.75, 3.05) is 33.3 Å². The lowest BCUT2D eigenvalue weighted by Gasteiger charge is -2.26. The van der Waals surface area contributed by atoms with Crippen LogP contribution in [-0.2, 0) is 9.53 Å². The zero-order valence-corrected chi connectivity index (χ0v) is 10.8. The highest BCUT2D eigenvalue weighted by molar-refractivity contribution is 5.79. The third kappa shape index (κ3) is 3.13. The largest absolute Gasteiger partial charge is 0.453 e. The van der Waals surface area contributed by atoms with Crippen LogP contribution < -0.4 is 10.6 Å². The molecule has 0 aliphatic carbocycles. The molecular formula is C12H21N3O3. The standard InChI is InChI=1S/C12H21N3O3/c1-18-12(17)14-10-4-6-15(8-10)11(16)9-3-2-5-13-7-9/h9-10,13H,2-8H2,1H3,(H,14,17)/t9-,10?/m1/s1. The quantitative estimate of drug-likeness (QED) is 0.725. The summed E-state index contributed by atoms with van der Waals surface area (Å²) in [7, 11) is 1.35. The minimum absolute atomic E-state index is 0.0259. The predicted molar refractivity (Wildman–Crippen MR) is 66.1 cm³/mol. The minimum atomic E-state index is -0.423. The number of alkyl carbamates (subject to hydrolysis) is 1. The lowest BCUT2D eigenvalue weighted by Crippen LogP contribution is -2.44. The molecule has 0 aromatic heterocycles. The highest BCUT2D eigenvalue weighted by Crippen LogP contribution is 2.17. The van der Waals surface area contributed by atoms with Crippen molar-refractivity contribution in [3.05, 3.63) is 0 Å². The molecule has 2 amide bonds. The fourth-order valence-corrected chi connectivity index (χ4v) is 2.62. The molecule has 2 N–H and O–H groups in total. The van der Waals surface area contributed by atoms with Crippen LogP contribution in [0.3, 0.4) is 0 Å². The van der Waals surface area contributed by atoms with Crippen molar-refractivity contribution in [1.82, 2.24) is 15.5 Å². The van der Waals surface area contributed by atoms with Crippen LogP contribution in [0.15, 0.2) is 0 Å². The summed E-state index contributed by atoms with van der Waals surface area (Å²) in [5.41, 5.74) is 0. The van der Waals surface area contributed by atoms with Crippen LogP contribution in [0.2, 0.25) is 0 Å². The summed E-state index contributed by atoms with van der Waals surface area (Å²) < 4.78 is 4.56. The molecule has 2 heterocycles. The van der Waals surface area contributed by atoms with Crippen LogP contribution in [0.1, 0.15) is 19.3 Å². The van der Waals surface area contributed by atoms with Gasteiger partial charge in [-0.1, -0.05) is 0 Å². The summed E-state index contributed by atoms with van der Waals surface area (Å²) in [5, 5.41) is 6.00. The summed E-state index contributed by atoms with van der Waals surface area (Å²) in [4.78, 5) is 25.2. The van der Waals surface area contributed by atoms with Crippen molar-refractivity contribution < 1.29 is 14.3 Å². The average molecular weight is 255 g/mol. The molecular weight excluding hydrogens is 234 g/mol. The van der Waals surface area contributed by atoms with Gasteiger partial charge in [0, 0.05) is 19.6 Å². The second kappa shape index (κ2) is 6.04. The molecule has 0 saturated carbocycles. The molecule has 0 aromatic rings. The summed E-state index contributed by atoms with van der Waals surface area (Å²) in [6, 6.07) is 0.0259. The first-order valence-corrected chi connectivity index (χ1v) is 6.54. The van der Waals surface area contributed by atoms with E-state index in [-0.39, 0.29) is 17.9 Å². The highest BCUT2D eigenvalue weighted by atomic mass is 16.5. The summed E-state index contributed by atoms with van der Waals surface area (Å²) in [5.74, 6) is 0.326. The number of carbonyl (C=O) groups excluding carboxylic acids is 2. The Morgan fingerprint density at radius 3 is 2.89 bits per heavy atom. The van der Waals surface area contributed by atoms with Crippen molar-refractivity contribution in [2.24, 2.45) is 5.92 Å². The van der Waals surface area contributed by atoms with Crippen LogP contribution in [-0.4, -0.2) is 56.2 Å². The number of piperidine rings is 1. The first kappa shape index (κ1) is 13.1. The topological polar surface area (TPSA) is 70.7 Å². The third-order valence-corrected chi connectivity index (χ3v) is 3.65. The summed E-state index contributed by atoms with van der Waals surface area (Å²) in [6.07, 6.45) is 2.42. The van der Waals surface area contributed by atoms with E-state index in [0.717, 1.165) is 38.9 Å². The SMILES string of the molecule is COC(=O)NC1CCN(C(=O)[C@@H]2CCCNC2)C1. The number of hydrogen-bond donors (Lipinski definition) is 2. The van der Waals surface area contributed by atoms with Gasteiger partial charge in [-0.15, -0.1) is 0 Å². The van der Waals surface area contributed by atoms with E-state index in [0.29, 0.717) is 6.54 Å². The Morgan fingerprint density at radius 1 is 1.39 bits per heavy atom. The number of rotatable bonds is 2. The van der Waals surface area contributed by atoms with E-state index in [1.165, 1.54) is 7.11 Å². The van der Waals surface area contributed by atoms with Gasteiger partial charge in [-0.3, -0.25) is 4.79 Å². The Bertz CT molecular complexity index is 316. The predicted octanol–water partition coefficient (Wildman–Crippen LogP) is -0.0571. The van der Waals surface area contributed by atoms with E-state index in [1.807, 2.05) is 4.90 Å². The molecule has 18 heavy (non-hydrogen) atoms. The van der Waals surface area contributed by atoms with Crippen molar-refractivity contribution in [1.29, 1.82) is 0 Å². The number of nitrogens with zero attached hydrogens (tertiary/aromatic N) is 1. The Kier molecular flexibility index (Phi) is 4.41. The maximum absolute atomic E-state index is 12.2. The van der Waals surface area contributed by atoms with Crippen LogP contribution in [0.25, 0.3) is 0 Å². The monoisotopic (exact) mass is 255 g/mol. The Balaban J connectivity index is 1.80. The van der Waals surface area contributed by atoms with Gasteiger partial charge in [-0.05, 0) is 25.8 Å². The molecule has 2 fully saturated rings. The third-order valence-electron chi connectivity index (χ3n) is 3.65. The normalized spacial score (nSPS) is 27.9. The second-order valence-corrected chi connectivity index (χ2v) is 4.95. The van der Waals surface area contributed by atoms with Gasteiger partial charge in [-0.2, -0.15) is 0 Å². The van der Waals surface area contributed by atoms with E-state index in [2.05, 4.69) is 15.4 Å². The molecule has 2 saturated heterocycles. The van der Waals surface area contributed by atoms with Gasteiger partial charge < -0.3 is 20.3 Å². The van der Waals surface area contributed by atoms with Gasteiger partial charge >= 0.3 is 6.09 Å². The smallest absolute Gasteiger partial charge is 0.407 e. The van der Waals surface area contributed by atoms with E-state index < -0.39 is 6.09 Å². The molecule has 102 valence electrons. The summed E-state index contributed by atoms with van der Waals surface area (Å²) in [6.45, 7) is 3.12. The first-order valence-electron chi connectivity index (χ1n) is 6.54. The lowest BCUT2D eigenvalue weighted by molar-refractivity contribution is -0.135. The molecule has 2 atom stereocenters. The van der Waals surface area contributed by atoms with Crippen molar-refractivity contribution in [3.63, 3.8) is 0 Å². The number of ether oxygens (including phenoxy) is 1. The van der Waals surface area contributed by atoms with Crippen molar-refractivity contribution in [2.45, 2.75) is 25.3 Å². The zero-order chi connectivity index (χ0) is 13.0. The number of likely N-dealkylation sites (tertiary alicyclic amines) is 1. The molecule has 6 heteroatoms. The van der Waals surface area contributed by atoms with Crippen LogP contribution >= 0.6 is 0 Å². The Hall–Kier alpha value is -1.30. The van der Waals surface area contributed by atoms with Gasteiger partial charge in [0.05, 0.1) is 19.1 Å². The van der Waals surface area contributed by atoms with Crippen LogP contribution in [0.5, 0.6) is 0 Å². The molecule has 0 bridgehead atoms. The highest BCUT2D eigenvalue weighted by Gasteiger charge is 2.32. The van der Waals surface area contributed by atoms with Crippen LogP contribution in [0.4, 0.5) is 4.79 Å². The molecule has 1 unspecified atom stereocenters. The molecule has 6 nitrogen and oxygen atoms in total. The Morgan fingerprint density at radius 2 is 2.22 bits per heavy atom. The fraction of sp³-hybridized carbons (Fsp3) is 0.833.